The predicted molar refractivity (Wildman–Crippen MR) is 115 cm³/mol. The van der Waals surface area contributed by atoms with Gasteiger partial charge in [-0.1, -0.05) is 12.1 Å². The van der Waals surface area contributed by atoms with Crippen LogP contribution in [-0.2, 0) is 11.3 Å². The summed E-state index contributed by atoms with van der Waals surface area (Å²) in [4.78, 5) is 8.90. The number of hydrogen-bond donors (Lipinski definition) is 1. The van der Waals surface area contributed by atoms with E-state index in [2.05, 4.69) is 27.5 Å². The number of quaternary nitrogens is 1. The third kappa shape index (κ3) is 4.72. The second-order valence-electron chi connectivity index (χ2n) is 6.81. The van der Waals surface area contributed by atoms with Crippen molar-refractivity contribution in [2.24, 2.45) is 4.99 Å². The Morgan fingerprint density at radius 3 is 2.86 bits per heavy atom. The van der Waals surface area contributed by atoms with Crippen LogP contribution in [-0.4, -0.2) is 44.5 Å². The molecule has 28 heavy (non-hydrogen) atoms. The van der Waals surface area contributed by atoms with E-state index in [0.29, 0.717) is 0 Å². The first-order valence-electron chi connectivity index (χ1n) is 9.66. The van der Waals surface area contributed by atoms with Crippen molar-refractivity contribution in [2.45, 2.75) is 13.0 Å². The summed E-state index contributed by atoms with van der Waals surface area (Å²) in [6.07, 6.45) is 1.13. The van der Waals surface area contributed by atoms with Crippen molar-refractivity contribution in [1.29, 1.82) is 0 Å². The maximum Gasteiger partial charge on any atom is 0.190 e. The minimum atomic E-state index is 0.832. The lowest BCUT2D eigenvalue weighted by molar-refractivity contribution is -0.908. The highest BCUT2D eigenvalue weighted by atomic mass is 32.1. The fraction of sp³-hybridized carbons (Fsp3) is 0.381. The molecule has 4 rings (SSSR count). The fourth-order valence-electron chi connectivity index (χ4n) is 3.44. The number of nitrogens with one attached hydrogen (secondary N) is 1. The molecule has 0 amide bonds. The largest absolute Gasteiger partial charge is 0.497 e. The number of hydrogen-bond acceptors (Lipinski definition) is 5. The summed E-state index contributed by atoms with van der Waals surface area (Å²) in [6, 6.07) is 12.2. The number of thiazole rings is 1. The van der Waals surface area contributed by atoms with E-state index in [-0.39, 0.29) is 0 Å². The molecule has 1 aliphatic heterocycles. The number of ether oxygens (including phenoxy) is 2. The molecule has 0 radical (unpaired) electrons. The minimum Gasteiger partial charge on any atom is -0.497 e. The van der Waals surface area contributed by atoms with Crippen molar-refractivity contribution in [3.63, 3.8) is 0 Å². The summed E-state index contributed by atoms with van der Waals surface area (Å²) in [6.45, 7) is 6.16. The molecule has 3 aromatic rings. The van der Waals surface area contributed by atoms with E-state index in [1.54, 1.807) is 34.7 Å². The standard InChI is InChI=1S/C21H25N3O2S2/c1-25-18-6-2-5-17(15-18)22-21-24(9-4-8-23-10-12-26-13-11-23)19(16-28-21)20-7-3-14-27-20/h2-3,5-7,14-16H,4,8-13H2,1H3/p+1. The molecule has 0 bridgehead atoms. The first-order valence-corrected chi connectivity index (χ1v) is 11.4. The van der Waals surface area contributed by atoms with E-state index in [4.69, 9.17) is 14.5 Å². The van der Waals surface area contributed by atoms with Crippen LogP contribution in [0.25, 0.3) is 10.6 Å². The molecule has 1 aliphatic rings. The van der Waals surface area contributed by atoms with Gasteiger partial charge in [-0.2, -0.15) is 0 Å². The topological polar surface area (TPSA) is 40.2 Å². The number of benzene rings is 1. The summed E-state index contributed by atoms with van der Waals surface area (Å²) in [7, 11) is 1.69. The molecule has 5 nitrogen and oxygen atoms in total. The quantitative estimate of drug-likeness (QED) is 0.643. The molecule has 1 aromatic carbocycles. The predicted octanol–water partition coefficient (Wildman–Crippen LogP) is 2.82. The Hall–Kier alpha value is -1.93. The molecule has 0 unspecified atom stereocenters. The SMILES string of the molecule is COc1cccc(N=c2scc(-c3cccs3)n2CCC[NH+]2CCOCC2)c1. The second-order valence-corrected chi connectivity index (χ2v) is 8.60. The average molecular weight is 417 g/mol. The summed E-state index contributed by atoms with van der Waals surface area (Å²) >= 11 is 3.48. The number of rotatable bonds is 7. The molecule has 1 saturated heterocycles. The van der Waals surface area contributed by atoms with Gasteiger partial charge in [0.25, 0.3) is 0 Å². The highest BCUT2D eigenvalue weighted by molar-refractivity contribution is 7.14. The molecule has 1 N–H and O–H groups in total. The smallest absolute Gasteiger partial charge is 0.190 e. The molecule has 0 atom stereocenters. The van der Waals surface area contributed by atoms with E-state index in [9.17, 15) is 0 Å². The van der Waals surface area contributed by atoms with Gasteiger partial charge in [-0.25, -0.2) is 4.99 Å². The minimum absolute atomic E-state index is 0.832. The molecule has 0 spiro atoms. The first kappa shape index (κ1) is 19.4. The zero-order chi connectivity index (χ0) is 19.2. The van der Waals surface area contributed by atoms with E-state index in [1.807, 2.05) is 24.3 Å². The Kier molecular flexibility index (Phi) is 6.59. The van der Waals surface area contributed by atoms with Crippen LogP contribution in [0.15, 0.2) is 52.2 Å². The Morgan fingerprint density at radius 1 is 1.18 bits per heavy atom. The number of nitrogens with zero attached hydrogens (tertiary/aromatic N) is 2. The zero-order valence-electron chi connectivity index (χ0n) is 16.1. The number of morpholine rings is 1. The third-order valence-electron chi connectivity index (χ3n) is 4.96. The van der Waals surface area contributed by atoms with E-state index in [0.717, 1.165) is 55.5 Å². The number of aromatic nitrogens is 1. The molecule has 0 aliphatic carbocycles. The van der Waals surface area contributed by atoms with E-state index in [1.165, 1.54) is 17.1 Å². The van der Waals surface area contributed by atoms with Gasteiger partial charge in [0.1, 0.15) is 18.8 Å². The van der Waals surface area contributed by atoms with Gasteiger partial charge < -0.3 is 18.9 Å². The molecular formula is C21H26N3O2S2+. The van der Waals surface area contributed by atoms with Crippen molar-refractivity contribution in [1.82, 2.24) is 4.57 Å². The van der Waals surface area contributed by atoms with Gasteiger partial charge in [0, 0.05) is 24.4 Å². The Bertz CT molecular complexity index is 941. The lowest BCUT2D eigenvalue weighted by atomic mass is 10.3. The van der Waals surface area contributed by atoms with Gasteiger partial charge in [-0.05, 0) is 23.6 Å². The lowest BCUT2D eigenvalue weighted by Crippen LogP contribution is -3.14. The van der Waals surface area contributed by atoms with Crippen molar-refractivity contribution >= 4 is 28.4 Å². The van der Waals surface area contributed by atoms with E-state index >= 15 is 0 Å². The molecule has 148 valence electrons. The number of methoxy groups -OCH3 is 1. The van der Waals surface area contributed by atoms with Gasteiger partial charge in [0.05, 0.1) is 43.1 Å². The maximum atomic E-state index is 5.48. The summed E-state index contributed by atoms with van der Waals surface area (Å²) in [5.41, 5.74) is 2.19. The fourth-order valence-corrected chi connectivity index (χ4v) is 5.22. The second kappa shape index (κ2) is 9.52. The molecule has 1 fully saturated rings. The lowest BCUT2D eigenvalue weighted by Gasteiger charge is -2.23. The van der Waals surface area contributed by atoms with Crippen LogP contribution in [0, 0.1) is 0 Å². The molecule has 2 aromatic heterocycles. The number of thiophene rings is 1. The average Bonchev–Trinajstić information content (AvgIpc) is 3.39. The van der Waals surface area contributed by atoms with Crippen LogP contribution in [0.3, 0.4) is 0 Å². The van der Waals surface area contributed by atoms with Crippen molar-refractivity contribution < 1.29 is 14.4 Å². The van der Waals surface area contributed by atoms with Crippen molar-refractivity contribution in [3.8, 4) is 16.3 Å². The van der Waals surface area contributed by atoms with Crippen LogP contribution in [0.1, 0.15) is 6.42 Å². The van der Waals surface area contributed by atoms with Crippen LogP contribution < -0.4 is 14.4 Å². The van der Waals surface area contributed by atoms with Gasteiger partial charge in [-0.15, -0.1) is 22.7 Å². The normalized spacial score (nSPS) is 15.8. The Labute approximate surface area is 173 Å². The highest BCUT2D eigenvalue weighted by Gasteiger charge is 2.14. The molecule has 7 heteroatoms. The summed E-state index contributed by atoms with van der Waals surface area (Å²) in [5, 5.41) is 4.36. The molecular weight excluding hydrogens is 390 g/mol. The van der Waals surface area contributed by atoms with Crippen LogP contribution in [0.2, 0.25) is 0 Å². The Balaban J connectivity index is 1.59. The van der Waals surface area contributed by atoms with Gasteiger partial charge in [0.2, 0.25) is 0 Å². The monoisotopic (exact) mass is 416 g/mol. The van der Waals surface area contributed by atoms with E-state index < -0.39 is 0 Å². The van der Waals surface area contributed by atoms with Gasteiger partial charge in [-0.3, -0.25) is 0 Å². The maximum absolute atomic E-state index is 5.48. The molecule has 0 saturated carbocycles. The van der Waals surface area contributed by atoms with Crippen molar-refractivity contribution in [3.05, 3.63) is 52.0 Å². The summed E-state index contributed by atoms with van der Waals surface area (Å²) in [5.74, 6) is 0.832. The zero-order valence-corrected chi connectivity index (χ0v) is 17.7. The van der Waals surface area contributed by atoms with Crippen molar-refractivity contribution in [2.75, 3.05) is 40.0 Å². The van der Waals surface area contributed by atoms with Crippen LogP contribution >= 0.6 is 22.7 Å². The highest BCUT2D eigenvalue weighted by Crippen LogP contribution is 2.26. The first-order chi connectivity index (χ1) is 13.8. The molecule has 3 heterocycles. The summed E-state index contributed by atoms with van der Waals surface area (Å²) < 4.78 is 13.2. The van der Waals surface area contributed by atoms with Gasteiger partial charge in [0.15, 0.2) is 4.80 Å². The van der Waals surface area contributed by atoms with Crippen LogP contribution in [0.5, 0.6) is 5.75 Å². The van der Waals surface area contributed by atoms with Crippen LogP contribution in [0.4, 0.5) is 5.69 Å². The third-order valence-corrected chi connectivity index (χ3v) is 6.72. The van der Waals surface area contributed by atoms with Gasteiger partial charge >= 0.3 is 0 Å². The Morgan fingerprint density at radius 2 is 2.07 bits per heavy atom.